The summed E-state index contributed by atoms with van der Waals surface area (Å²) in [5.41, 5.74) is 1.31. The van der Waals surface area contributed by atoms with Gasteiger partial charge in [0, 0.05) is 5.56 Å². The van der Waals surface area contributed by atoms with Crippen molar-refractivity contribution < 1.29 is 19.5 Å². The molecule has 0 radical (unpaired) electrons. The lowest BCUT2D eigenvalue weighted by molar-refractivity contribution is -0.00974. The van der Waals surface area contributed by atoms with Crippen molar-refractivity contribution in [3.8, 4) is 5.75 Å². The van der Waals surface area contributed by atoms with E-state index < -0.39 is 7.12 Å². The fraction of sp³-hybridized carbons (Fsp3) is 0.625. The minimum absolute atomic E-state index is 0.274. The molecule has 0 bridgehead atoms. The van der Waals surface area contributed by atoms with E-state index in [1.54, 1.807) is 25.3 Å². The lowest BCUT2D eigenvalue weighted by atomic mass is 9.79. The summed E-state index contributed by atoms with van der Waals surface area (Å²) in [6.45, 7) is 4.98. The van der Waals surface area contributed by atoms with E-state index in [1.165, 1.54) is 6.42 Å². The van der Waals surface area contributed by atoms with Gasteiger partial charge in [-0.3, -0.25) is 0 Å². The molecule has 0 heterocycles. The Morgan fingerprint density at radius 1 is 1.14 bits per heavy atom. The Hall–Kier alpha value is -1.04. The number of hydrogen-bond acceptors (Lipinski definition) is 4. The third-order valence-corrected chi connectivity index (χ3v) is 4.21. The fourth-order valence-electron chi connectivity index (χ4n) is 3.29. The predicted molar refractivity (Wildman–Crippen MR) is 83.6 cm³/mol. The quantitative estimate of drug-likeness (QED) is 0.811. The topological polar surface area (TPSA) is 58.9 Å². The summed E-state index contributed by atoms with van der Waals surface area (Å²) in [6, 6.07) is 5.14. The average Bonchev–Trinajstić information content (AvgIpc) is 2.43. The van der Waals surface area contributed by atoms with Crippen LogP contribution in [0.3, 0.4) is 0 Å². The highest BCUT2D eigenvalue weighted by Crippen LogP contribution is 2.31. The summed E-state index contributed by atoms with van der Waals surface area (Å²) in [5.74, 6) is 2.12. The lowest BCUT2D eigenvalue weighted by Crippen LogP contribution is -2.30. The first-order valence-electron chi connectivity index (χ1n) is 7.64. The predicted octanol–water partition coefficient (Wildman–Crippen LogP) is 1.72. The van der Waals surface area contributed by atoms with Gasteiger partial charge in [-0.05, 0) is 42.6 Å². The third-order valence-electron chi connectivity index (χ3n) is 4.21. The summed E-state index contributed by atoms with van der Waals surface area (Å²) in [4.78, 5) is 0. The SMILES string of the molecule is COc1ccc(B(O)O)cc1COC1CC(C)CC(C)C1. The van der Waals surface area contributed by atoms with Gasteiger partial charge in [0.05, 0.1) is 19.8 Å². The van der Waals surface area contributed by atoms with Crippen molar-refractivity contribution in [3.63, 3.8) is 0 Å². The van der Waals surface area contributed by atoms with E-state index in [9.17, 15) is 10.0 Å². The zero-order valence-electron chi connectivity index (χ0n) is 13.1. The minimum atomic E-state index is -1.47. The maximum Gasteiger partial charge on any atom is 0.488 e. The number of ether oxygens (including phenoxy) is 2. The zero-order valence-corrected chi connectivity index (χ0v) is 13.1. The third kappa shape index (κ3) is 4.46. The van der Waals surface area contributed by atoms with Crippen molar-refractivity contribution in [1.82, 2.24) is 0 Å². The molecule has 1 aliphatic carbocycles. The monoisotopic (exact) mass is 292 g/mol. The van der Waals surface area contributed by atoms with Crippen LogP contribution >= 0.6 is 0 Å². The molecule has 0 amide bonds. The van der Waals surface area contributed by atoms with Gasteiger partial charge in [0.15, 0.2) is 0 Å². The second kappa shape index (κ2) is 7.30. The molecule has 0 aliphatic heterocycles. The number of hydrogen-bond donors (Lipinski definition) is 2. The van der Waals surface area contributed by atoms with Crippen LogP contribution in [-0.2, 0) is 11.3 Å². The Labute approximate surface area is 127 Å². The summed E-state index contributed by atoms with van der Waals surface area (Å²) in [7, 11) is 0.142. The second-order valence-electron chi connectivity index (χ2n) is 6.30. The normalized spacial score (nSPS) is 25.7. The van der Waals surface area contributed by atoms with Gasteiger partial charge in [-0.2, -0.15) is 0 Å². The van der Waals surface area contributed by atoms with Gasteiger partial charge in [0.2, 0.25) is 0 Å². The molecule has 0 saturated heterocycles. The van der Waals surface area contributed by atoms with Crippen LogP contribution in [0, 0.1) is 11.8 Å². The van der Waals surface area contributed by atoms with Crippen LogP contribution in [0.4, 0.5) is 0 Å². The highest BCUT2D eigenvalue weighted by atomic mass is 16.5. The Balaban J connectivity index is 2.02. The van der Waals surface area contributed by atoms with E-state index in [0.29, 0.717) is 23.9 Å². The molecule has 116 valence electrons. The van der Waals surface area contributed by atoms with Gasteiger partial charge < -0.3 is 19.5 Å². The summed E-state index contributed by atoms with van der Waals surface area (Å²) >= 11 is 0. The van der Waals surface area contributed by atoms with Crippen molar-refractivity contribution in [2.24, 2.45) is 11.8 Å². The lowest BCUT2D eigenvalue weighted by Gasteiger charge is -2.31. The molecule has 1 saturated carbocycles. The molecule has 2 N–H and O–H groups in total. The van der Waals surface area contributed by atoms with Crippen LogP contribution in [0.25, 0.3) is 0 Å². The zero-order chi connectivity index (χ0) is 15.4. The van der Waals surface area contributed by atoms with Crippen LogP contribution < -0.4 is 10.2 Å². The Bertz CT molecular complexity index is 454. The molecule has 1 aromatic rings. The molecule has 4 nitrogen and oxygen atoms in total. The molecule has 2 unspecified atom stereocenters. The highest BCUT2D eigenvalue weighted by molar-refractivity contribution is 6.58. The largest absolute Gasteiger partial charge is 0.496 e. The number of rotatable bonds is 5. The fourth-order valence-corrected chi connectivity index (χ4v) is 3.29. The number of methoxy groups -OCH3 is 1. The maximum absolute atomic E-state index is 9.27. The Morgan fingerprint density at radius 2 is 1.81 bits per heavy atom. The molecule has 1 aliphatic rings. The maximum atomic E-state index is 9.27. The molecule has 2 atom stereocenters. The van der Waals surface area contributed by atoms with Crippen LogP contribution in [0.5, 0.6) is 5.75 Å². The summed E-state index contributed by atoms with van der Waals surface area (Å²) in [5, 5.41) is 18.5. The molecular weight excluding hydrogens is 267 g/mol. The number of benzene rings is 1. The Morgan fingerprint density at radius 3 is 2.38 bits per heavy atom. The standard InChI is InChI=1S/C16H25BO4/c1-11-6-12(2)8-15(7-11)21-10-13-9-14(17(18)19)4-5-16(13)20-3/h4-5,9,11-12,15,18-19H,6-8,10H2,1-3H3. The molecule has 0 spiro atoms. The van der Waals surface area contributed by atoms with Crippen molar-refractivity contribution >= 4 is 12.6 Å². The molecule has 1 fully saturated rings. The summed E-state index contributed by atoms with van der Waals surface area (Å²) < 4.78 is 11.4. The van der Waals surface area contributed by atoms with E-state index in [0.717, 1.165) is 24.2 Å². The van der Waals surface area contributed by atoms with Crippen molar-refractivity contribution in [2.75, 3.05) is 7.11 Å². The molecular formula is C16H25BO4. The minimum Gasteiger partial charge on any atom is -0.496 e. The van der Waals surface area contributed by atoms with Gasteiger partial charge in [-0.25, -0.2) is 0 Å². The molecule has 1 aromatic carbocycles. The molecule has 0 aromatic heterocycles. The van der Waals surface area contributed by atoms with E-state index in [-0.39, 0.29) is 6.10 Å². The van der Waals surface area contributed by atoms with Gasteiger partial charge in [-0.1, -0.05) is 26.0 Å². The summed E-state index contributed by atoms with van der Waals surface area (Å²) in [6.07, 6.45) is 3.73. The average molecular weight is 292 g/mol. The highest BCUT2D eigenvalue weighted by Gasteiger charge is 2.25. The van der Waals surface area contributed by atoms with Crippen LogP contribution in [-0.4, -0.2) is 30.4 Å². The van der Waals surface area contributed by atoms with E-state index in [4.69, 9.17) is 9.47 Å². The van der Waals surface area contributed by atoms with E-state index in [1.807, 2.05) is 0 Å². The van der Waals surface area contributed by atoms with Crippen LogP contribution in [0.2, 0.25) is 0 Å². The smallest absolute Gasteiger partial charge is 0.488 e. The first kappa shape index (κ1) is 16.3. The second-order valence-corrected chi connectivity index (χ2v) is 6.30. The van der Waals surface area contributed by atoms with Gasteiger partial charge in [0.1, 0.15) is 5.75 Å². The van der Waals surface area contributed by atoms with Crippen LogP contribution in [0.15, 0.2) is 18.2 Å². The van der Waals surface area contributed by atoms with E-state index in [2.05, 4.69) is 13.8 Å². The van der Waals surface area contributed by atoms with Crippen molar-refractivity contribution in [2.45, 2.75) is 45.8 Å². The molecule has 2 rings (SSSR count). The van der Waals surface area contributed by atoms with E-state index >= 15 is 0 Å². The van der Waals surface area contributed by atoms with Crippen molar-refractivity contribution in [3.05, 3.63) is 23.8 Å². The molecule has 21 heavy (non-hydrogen) atoms. The Kier molecular flexibility index (Phi) is 5.68. The molecule has 5 heteroatoms. The van der Waals surface area contributed by atoms with Crippen molar-refractivity contribution in [1.29, 1.82) is 0 Å². The van der Waals surface area contributed by atoms with Gasteiger partial charge in [0.25, 0.3) is 0 Å². The van der Waals surface area contributed by atoms with Crippen LogP contribution in [0.1, 0.15) is 38.7 Å². The first-order chi connectivity index (χ1) is 9.99. The van der Waals surface area contributed by atoms with Gasteiger partial charge in [-0.15, -0.1) is 0 Å². The first-order valence-corrected chi connectivity index (χ1v) is 7.64. The van der Waals surface area contributed by atoms with Gasteiger partial charge >= 0.3 is 7.12 Å².